The van der Waals surface area contributed by atoms with Gasteiger partial charge in [-0.1, -0.05) is 0 Å². The van der Waals surface area contributed by atoms with Gasteiger partial charge in [-0.2, -0.15) is 0 Å². The molecule has 7 heteroatoms. The number of nitrogens with zero attached hydrogens (tertiary/aromatic N) is 1. The molecule has 0 saturated carbocycles. The molecule has 2 unspecified atom stereocenters. The monoisotopic (exact) mass is 272 g/mol. The Balaban J connectivity index is 2.53. The molecule has 1 aliphatic heterocycles. The number of methoxy groups -OCH3 is 1. The van der Waals surface area contributed by atoms with Gasteiger partial charge in [0.15, 0.2) is 6.04 Å². The maximum atomic E-state index is 11.6. The molecule has 0 radical (unpaired) electrons. The lowest BCUT2D eigenvalue weighted by molar-refractivity contribution is -0.142. The summed E-state index contributed by atoms with van der Waals surface area (Å²) in [5.41, 5.74) is -0.573. The number of carbonyl (C=O) groups is 2. The van der Waals surface area contributed by atoms with E-state index in [1.54, 1.807) is 27.7 Å². The maximum absolute atomic E-state index is 11.6. The zero-order valence-electron chi connectivity index (χ0n) is 11.9. The van der Waals surface area contributed by atoms with Crippen LogP contribution in [0, 0.1) is 0 Å². The predicted octanol–water partition coefficient (Wildman–Crippen LogP) is 0.870. The fourth-order valence-corrected chi connectivity index (χ4v) is 1.43. The van der Waals surface area contributed by atoms with Crippen molar-refractivity contribution in [3.8, 4) is 0 Å². The minimum Gasteiger partial charge on any atom is -0.477 e. The molecule has 0 bridgehead atoms. The highest BCUT2D eigenvalue weighted by molar-refractivity contribution is 5.90. The minimum atomic E-state index is -0.664. The van der Waals surface area contributed by atoms with Crippen molar-refractivity contribution in [3.63, 3.8) is 0 Å². The number of esters is 1. The summed E-state index contributed by atoms with van der Waals surface area (Å²) in [7, 11) is 1.29. The molecule has 0 aromatic rings. The summed E-state index contributed by atoms with van der Waals surface area (Å²) in [5.74, 6) is -0.166. The Morgan fingerprint density at radius 2 is 2.11 bits per heavy atom. The number of carbonyl (C=O) groups excluding carboxylic acids is 2. The first-order valence-electron chi connectivity index (χ1n) is 6.01. The van der Waals surface area contributed by atoms with Crippen LogP contribution in [0.15, 0.2) is 4.99 Å². The molecular weight excluding hydrogens is 252 g/mol. The van der Waals surface area contributed by atoms with Crippen molar-refractivity contribution in [2.24, 2.45) is 4.99 Å². The highest BCUT2D eigenvalue weighted by Gasteiger charge is 2.30. The average Bonchev–Trinajstić information content (AvgIpc) is 2.74. The summed E-state index contributed by atoms with van der Waals surface area (Å²) < 4.78 is 14.9. The second-order valence-corrected chi connectivity index (χ2v) is 5.19. The van der Waals surface area contributed by atoms with E-state index >= 15 is 0 Å². The Kier molecular flexibility index (Phi) is 4.74. The average molecular weight is 272 g/mol. The van der Waals surface area contributed by atoms with Crippen molar-refractivity contribution in [1.82, 2.24) is 5.32 Å². The minimum absolute atomic E-state index is 0.127. The third-order valence-corrected chi connectivity index (χ3v) is 2.25. The van der Waals surface area contributed by atoms with Crippen LogP contribution in [0.3, 0.4) is 0 Å². The van der Waals surface area contributed by atoms with Crippen molar-refractivity contribution >= 4 is 18.0 Å². The fraction of sp³-hybridized carbons (Fsp3) is 0.750. The van der Waals surface area contributed by atoms with Gasteiger partial charge >= 0.3 is 12.1 Å². The third-order valence-electron chi connectivity index (χ3n) is 2.25. The summed E-state index contributed by atoms with van der Waals surface area (Å²) >= 11 is 0. The smallest absolute Gasteiger partial charge is 0.408 e. The van der Waals surface area contributed by atoms with E-state index in [1.807, 2.05) is 0 Å². The van der Waals surface area contributed by atoms with Crippen LogP contribution in [0.2, 0.25) is 0 Å². The second-order valence-electron chi connectivity index (χ2n) is 5.19. The zero-order valence-corrected chi connectivity index (χ0v) is 11.9. The van der Waals surface area contributed by atoms with E-state index in [0.717, 1.165) is 0 Å². The van der Waals surface area contributed by atoms with Crippen molar-refractivity contribution in [2.75, 3.05) is 13.7 Å². The normalized spacial score (nSPS) is 20.1. The van der Waals surface area contributed by atoms with Crippen LogP contribution in [0.4, 0.5) is 4.79 Å². The lowest BCUT2D eigenvalue weighted by Crippen LogP contribution is -2.41. The molecule has 108 valence electrons. The maximum Gasteiger partial charge on any atom is 0.408 e. The molecule has 0 aliphatic carbocycles. The van der Waals surface area contributed by atoms with Crippen molar-refractivity contribution in [1.29, 1.82) is 0 Å². The SMILES string of the molecule is COC(=O)C1COC(C(C)NC(=O)OC(C)(C)C)=N1. The molecule has 0 fully saturated rings. The molecule has 2 atom stereocenters. The van der Waals surface area contributed by atoms with Gasteiger partial charge in [0, 0.05) is 0 Å². The highest BCUT2D eigenvalue weighted by atomic mass is 16.6. The molecule has 1 N–H and O–H groups in total. The van der Waals surface area contributed by atoms with Crippen LogP contribution in [-0.2, 0) is 19.0 Å². The molecule has 7 nitrogen and oxygen atoms in total. The number of aliphatic imine (C=N–C) groups is 1. The third kappa shape index (κ3) is 4.76. The van der Waals surface area contributed by atoms with Gasteiger partial charge in [-0.25, -0.2) is 14.6 Å². The van der Waals surface area contributed by atoms with Crippen LogP contribution in [0.1, 0.15) is 27.7 Å². The molecule has 0 spiro atoms. The zero-order chi connectivity index (χ0) is 14.6. The summed E-state index contributed by atoms with van der Waals surface area (Å²) in [6.07, 6.45) is -0.562. The van der Waals surface area contributed by atoms with Gasteiger partial charge in [0.2, 0.25) is 5.90 Å². The van der Waals surface area contributed by atoms with Crippen LogP contribution in [-0.4, -0.2) is 49.4 Å². The number of ether oxygens (including phenoxy) is 3. The molecule has 1 heterocycles. The van der Waals surface area contributed by atoms with Gasteiger partial charge in [0.25, 0.3) is 0 Å². The van der Waals surface area contributed by atoms with Crippen LogP contribution < -0.4 is 5.32 Å². The number of hydrogen-bond acceptors (Lipinski definition) is 6. The van der Waals surface area contributed by atoms with Crippen molar-refractivity contribution in [2.45, 2.75) is 45.4 Å². The summed E-state index contributed by atoms with van der Waals surface area (Å²) in [6, 6.07) is -1.13. The predicted molar refractivity (Wildman–Crippen MR) is 68.0 cm³/mol. The topological polar surface area (TPSA) is 86.2 Å². The van der Waals surface area contributed by atoms with E-state index in [-0.39, 0.29) is 6.61 Å². The highest BCUT2D eigenvalue weighted by Crippen LogP contribution is 2.10. The van der Waals surface area contributed by atoms with Gasteiger partial charge in [0.05, 0.1) is 7.11 Å². The summed E-state index contributed by atoms with van der Waals surface area (Å²) in [4.78, 5) is 26.9. The number of hydrogen-bond donors (Lipinski definition) is 1. The van der Waals surface area contributed by atoms with Crippen LogP contribution >= 0.6 is 0 Å². The van der Waals surface area contributed by atoms with Crippen LogP contribution in [0.5, 0.6) is 0 Å². The van der Waals surface area contributed by atoms with E-state index in [2.05, 4.69) is 15.0 Å². The number of amides is 1. The first-order valence-corrected chi connectivity index (χ1v) is 6.01. The van der Waals surface area contributed by atoms with E-state index in [4.69, 9.17) is 9.47 Å². The fourth-order valence-electron chi connectivity index (χ4n) is 1.43. The van der Waals surface area contributed by atoms with Gasteiger partial charge < -0.3 is 19.5 Å². The Morgan fingerprint density at radius 3 is 2.63 bits per heavy atom. The molecular formula is C12H20N2O5. The van der Waals surface area contributed by atoms with E-state index in [0.29, 0.717) is 5.90 Å². The molecule has 0 aromatic heterocycles. The summed E-state index contributed by atoms with van der Waals surface area (Å²) in [5, 5.41) is 2.59. The molecule has 1 aliphatic rings. The van der Waals surface area contributed by atoms with Gasteiger partial charge in [0.1, 0.15) is 18.2 Å². The number of nitrogens with one attached hydrogen (secondary N) is 1. The molecule has 1 amide bonds. The molecule has 19 heavy (non-hydrogen) atoms. The van der Waals surface area contributed by atoms with Gasteiger partial charge in [-0.05, 0) is 27.7 Å². The lowest BCUT2D eigenvalue weighted by Gasteiger charge is -2.21. The van der Waals surface area contributed by atoms with Gasteiger partial charge in [-0.3, -0.25) is 0 Å². The summed E-state index contributed by atoms with van der Waals surface area (Å²) in [6.45, 7) is 7.14. The van der Waals surface area contributed by atoms with E-state index in [9.17, 15) is 9.59 Å². The standard InChI is InChI=1S/C12H20N2O5/c1-7(13-11(16)19-12(2,3)4)9-14-8(6-18-9)10(15)17-5/h7-8H,6H2,1-5H3,(H,13,16). The Bertz CT molecular complexity index is 386. The molecule has 1 rings (SSSR count). The first-order chi connectivity index (χ1) is 8.73. The first kappa shape index (κ1) is 15.3. The quantitative estimate of drug-likeness (QED) is 0.770. The number of alkyl carbamates (subject to hydrolysis) is 1. The molecule has 0 aromatic carbocycles. The Hall–Kier alpha value is -1.79. The van der Waals surface area contributed by atoms with Crippen LogP contribution in [0.25, 0.3) is 0 Å². The van der Waals surface area contributed by atoms with E-state index < -0.39 is 29.7 Å². The second kappa shape index (κ2) is 5.90. The number of rotatable bonds is 3. The van der Waals surface area contributed by atoms with Gasteiger partial charge in [-0.15, -0.1) is 0 Å². The largest absolute Gasteiger partial charge is 0.477 e. The molecule has 0 saturated heterocycles. The Morgan fingerprint density at radius 1 is 1.47 bits per heavy atom. The Labute approximate surface area is 112 Å². The van der Waals surface area contributed by atoms with Crippen molar-refractivity contribution < 1.29 is 23.8 Å². The van der Waals surface area contributed by atoms with E-state index in [1.165, 1.54) is 7.11 Å². The lowest BCUT2D eigenvalue weighted by atomic mass is 10.2. The van der Waals surface area contributed by atoms with Crippen molar-refractivity contribution in [3.05, 3.63) is 0 Å².